The molecule has 0 bridgehead atoms. The Balaban J connectivity index is 2.43. The number of aliphatic hydroxyl groups excluding tert-OH is 1. The van der Waals surface area contributed by atoms with Gasteiger partial charge in [0.05, 0.1) is 10.9 Å². The van der Waals surface area contributed by atoms with Crippen molar-refractivity contribution >= 4 is 11.0 Å². The van der Waals surface area contributed by atoms with Gasteiger partial charge in [0.25, 0.3) is 0 Å². The van der Waals surface area contributed by atoms with Gasteiger partial charge in [0.15, 0.2) is 0 Å². The molecule has 3 rings (SSSR count). The first-order valence-electron chi connectivity index (χ1n) is 6.57. The number of hydrogen-bond donors (Lipinski definition) is 1. The zero-order valence-electron chi connectivity index (χ0n) is 11.3. The molecule has 3 nitrogen and oxygen atoms in total. The smallest absolute Gasteiger partial charge is 0.200 e. The van der Waals surface area contributed by atoms with E-state index in [2.05, 4.69) is 0 Å². The number of benzene rings is 2. The summed E-state index contributed by atoms with van der Waals surface area (Å²) < 4.78 is 19.0. The van der Waals surface area contributed by atoms with Crippen LogP contribution in [0, 0.1) is 5.82 Å². The molecule has 21 heavy (non-hydrogen) atoms. The summed E-state index contributed by atoms with van der Waals surface area (Å²) in [7, 11) is 0. The highest BCUT2D eigenvalue weighted by atomic mass is 19.1. The van der Waals surface area contributed by atoms with Crippen LogP contribution in [0.25, 0.3) is 22.1 Å². The van der Waals surface area contributed by atoms with Crippen LogP contribution in [-0.2, 0) is 0 Å². The normalized spacial score (nSPS) is 12.5. The highest BCUT2D eigenvalue weighted by Crippen LogP contribution is 2.28. The second-order valence-corrected chi connectivity index (χ2v) is 4.85. The van der Waals surface area contributed by atoms with E-state index >= 15 is 0 Å². The first-order chi connectivity index (χ1) is 10.1. The number of rotatable bonds is 2. The predicted molar refractivity (Wildman–Crippen MR) is 78.5 cm³/mol. The van der Waals surface area contributed by atoms with Crippen LogP contribution in [0.2, 0.25) is 0 Å². The molecule has 0 fully saturated rings. The highest BCUT2D eigenvalue weighted by molar-refractivity contribution is 5.83. The topological polar surface area (TPSA) is 50.4 Å². The lowest BCUT2D eigenvalue weighted by atomic mass is 10.00. The summed E-state index contributed by atoms with van der Waals surface area (Å²) >= 11 is 0. The number of halogens is 1. The van der Waals surface area contributed by atoms with Gasteiger partial charge in [-0.2, -0.15) is 0 Å². The minimum atomic E-state index is -0.942. The minimum Gasteiger partial charge on any atom is -0.457 e. The molecule has 1 aromatic heterocycles. The number of fused-ring (bicyclic) bond motifs is 1. The van der Waals surface area contributed by atoms with Gasteiger partial charge in [-0.25, -0.2) is 4.39 Å². The third-order valence-electron chi connectivity index (χ3n) is 3.32. The van der Waals surface area contributed by atoms with Crippen molar-refractivity contribution in [3.05, 3.63) is 70.3 Å². The van der Waals surface area contributed by atoms with E-state index in [1.165, 1.54) is 19.1 Å². The quantitative estimate of drug-likeness (QED) is 0.781. The largest absolute Gasteiger partial charge is 0.457 e. The summed E-state index contributed by atoms with van der Waals surface area (Å²) in [6.45, 7) is 1.53. The molecule has 0 unspecified atom stereocenters. The molecule has 2 aromatic carbocycles. The fraction of sp³-hybridized carbons (Fsp3) is 0.118. The molecule has 0 aliphatic heterocycles. The lowest BCUT2D eigenvalue weighted by molar-refractivity contribution is 0.171. The molecule has 0 aliphatic carbocycles. The molecule has 1 N–H and O–H groups in total. The van der Waals surface area contributed by atoms with Crippen LogP contribution in [0.5, 0.6) is 0 Å². The average molecular weight is 284 g/mol. The van der Waals surface area contributed by atoms with Crippen LogP contribution >= 0.6 is 0 Å². The van der Waals surface area contributed by atoms with E-state index in [1.54, 1.807) is 24.3 Å². The Kier molecular flexibility index (Phi) is 3.31. The Morgan fingerprint density at radius 1 is 1.14 bits per heavy atom. The first kappa shape index (κ1) is 13.5. The zero-order valence-corrected chi connectivity index (χ0v) is 11.3. The maximum Gasteiger partial charge on any atom is 0.200 e. The van der Waals surface area contributed by atoms with Crippen LogP contribution in [0.4, 0.5) is 4.39 Å². The number of hydrogen-bond acceptors (Lipinski definition) is 3. The number of aliphatic hydroxyl groups is 1. The average Bonchev–Trinajstić information content (AvgIpc) is 2.48. The Hall–Kier alpha value is -2.46. The van der Waals surface area contributed by atoms with Crippen LogP contribution in [0.15, 0.2) is 57.7 Å². The van der Waals surface area contributed by atoms with Gasteiger partial charge in [-0.1, -0.05) is 30.3 Å². The molecule has 3 aromatic rings. The van der Waals surface area contributed by atoms with E-state index in [0.717, 1.165) is 6.07 Å². The summed E-state index contributed by atoms with van der Waals surface area (Å²) in [5, 5.41) is 10.1. The van der Waals surface area contributed by atoms with Crippen LogP contribution in [0.3, 0.4) is 0 Å². The Bertz CT molecular complexity index is 851. The highest BCUT2D eigenvalue weighted by Gasteiger charge is 2.19. The summed E-state index contributed by atoms with van der Waals surface area (Å²) in [6, 6.07) is 12.7. The molecule has 1 atom stereocenters. The van der Waals surface area contributed by atoms with Gasteiger partial charge >= 0.3 is 0 Å². The van der Waals surface area contributed by atoms with Gasteiger partial charge in [0.1, 0.15) is 23.3 Å². The lowest BCUT2D eigenvalue weighted by Gasteiger charge is -2.12. The molecular formula is C17H13FO3. The molecule has 0 aliphatic rings. The van der Waals surface area contributed by atoms with E-state index in [-0.39, 0.29) is 27.7 Å². The van der Waals surface area contributed by atoms with E-state index in [9.17, 15) is 14.3 Å². The van der Waals surface area contributed by atoms with Gasteiger partial charge in [-0.3, -0.25) is 4.79 Å². The standard InChI is InChI=1S/C17H13FO3/c1-10(19)17-15(11-5-3-2-4-6-11)16(20)13-9-12(18)7-8-14(13)21-17/h2-10,19H,1H3/t10-/m1/s1. The summed E-state index contributed by atoms with van der Waals surface area (Å²) in [5.41, 5.74) is 0.812. The SMILES string of the molecule is C[C@@H](O)c1oc2ccc(F)cc2c(=O)c1-c1ccccc1. The second kappa shape index (κ2) is 5.14. The maximum atomic E-state index is 13.4. The molecule has 106 valence electrons. The monoisotopic (exact) mass is 284 g/mol. The van der Waals surface area contributed by atoms with E-state index < -0.39 is 11.9 Å². The third-order valence-corrected chi connectivity index (χ3v) is 3.32. The summed E-state index contributed by atoms with van der Waals surface area (Å²) in [6.07, 6.45) is -0.942. The van der Waals surface area contributed by atoms with Crippen molar-refractivity contribution in [2.75, 3.05) is 0 Å². The molecule has 0 saturated carbocycles. The molecule has 4 heteroatoms. The van der Waals surface area contributed by atoms with Gasteiger partial charge in [0, 0.05) is 0 Å². The van der Waals surface area contributed by atoms with Gasteiger partial charge in [-0.15, -0.1) is 0 Å². The second-order valence-electron chi connectivity index (χ2n) is 4.85. The van der Waals surface area contributed by atoms with Crippen LogP contribution in [-0.4, -0.2) is 5.11 Å². The fourth-order valence-corrected chi connectivity index (χ4v) is 2.36. The molecule has 1 heterocycles. The first-order valence-corrected chi connectivity index (χ1v) is 6.57. The van der Waals surface area contributed by atoms with Crippen molar-refractivity contribution in [3.8, 4) is 11.1 Å². The summed E-state index contributed by atoms with van der Waals surface area (Å²) in [4.78, 5) is 12.7. The van der Waals surface area contributed by atoms with Crippen molar-refractivity contribution in [2.24, 2.45) is 0 Å². The van der Waals surface area contributed by atoms with Crippen LogP contribution in [0.1, 0.15) is 18.8 Å². The van der Waals surface area contributed by atoms with Gasteiger partial charge in [-0.05, 0) is 30.7 Å². The van der Waals surface area contributed by atoms with Crippen molar-refractivity contribution in [1.82, 2.24) is 0 Å². The Morgan fingerprint density at radius 3 is 2.52 bits per heavy atom. The fourth-order valence-electron chi connectivity index (χ4n) is 2.36. The van der Waals surface area contributed by atoms with Gasteiger partial charge < -0.3 is 9.52 Å². The van der Waals surface area contributed by atoms with Crippen molar-refractivity contribution < 1.29 is 13.9 Å². The van der Waals surface area contributed by atoms with Crippen molar-refractivity contribution in [1.29, 1.82) is 0 Å². The van der Waals surface area contributed by atoms with E-state index in [0.29, 0.717) is 5.56 Å². The lowest BCUT2D eigenvalue weighted by Crippen LogP contribution is -2.11. The molecule has 0 amide bonds. The molecule has 0 spiro atoms. The van der Waals surface area contributed by atoms with E-state index in [1.807, 2.05) is 6.07 Å². The minimum absolute atomic E-state index is 0.165. The summed E-state index contributed by atoms with van der Waals surface area (Å²) in [5.74, 6) is -0.316. The maximum absolute atomic E-state index is 13.4. The molecular weight excluding hydrogens is 271 g/mol. The third kappa shape index (κ3) is 2.34. The molecule has 0 saturated heterocycles. The van der Waals surface area contributed by atoms with Gasteiger partial charge in [0.2, 0.25) is 5.43 Å². The van der Waals surface area contributed by atoms with Crippen molar-refractivity contribution in [2.45, 2.75) is 13.0 Å². The van der Waals surface area contributed by atoms with Crippen LogP contribution < -0.4 is 5.43 Å². The Morgan fingerprint density at radius 2 is 1.86 bits per heavy atom. The Labute approximate surface area is 120 Å². The zero-order chi connectivity index (χ0) is 15.0. The van der Waals surface area contributed by atoms with E-state index in [4.69, 9.17) is 4.42 Å². The molecule has 0 radical (unpaired) electrons. The predicted octanol–water partition coefficient (Wildman–Crippen LogP) is 3.65. The van der Waals surface area contributed by atoms with Crippen molar-refractivity contribution in [3.63, 3.8) is 0 Å².